The highest BCUT2D eigenvalue weighted by molar-refractivity contribution is 7.07. The quantitative estimate of drug-likeness (QED) is 0.837. The molecule has 2 aromatic heterocycles. The average Bonchev–Trinajstić information content (AvgIpc) is 3.18. The molecule has 1 fully saturated rings. The number of nitrogens with zero attached hydrogens (tertiary/aromatic N) is 3. The molecule has 104 valence electrons. The molecule has 2 aromatic rings. The summed E-state index contributed by atoms with van der Waals surface area (Å²) < 4.78 is 5.10. The molecule has 0 saturated carbocycles. The summed E-state index contributed by atoms with van der Waals surface area (Å²) in [5.74, 6) is 0.136. The van der Waals surface area contributed by atoms with E-state index in [0.717, 1.165) is 0 Å². The highest BCUT2D eigenvalue weighted by Crippen LogP contribution is 2.12. The van der Waals surface area contributed by atoms with Gasteiger partial charge in [-0.1, -0.05) is 0 Å². The molecule has 6 nitrogen and oxygen atoms in total. The van der Waals surface area contributed by atoms with Crippen LogP contribution in [0.3, 0.4) is 0 Å². The molecule has 0 aromatic carbocycles. The summed E-state index contributed by atoms with van der Waals surface area (Å²) in [5, 5.41) is 1.74. The van der Waals surface area contributed by atoms with Crippen molar-refractivity contribution in [2.45, 2.75) is 0 Å². The van der Waals surface area contributed by atoms with Crippen molar-refractivity contribution in [3.63, 3.8) is 0 Å². The smallest absolute Gasteiger partial charge is 0.289 e. The number of thiazole rings is 1. The molecule has 0 aliphatic carbocycles. The summed E-state index contributed by atoms with van der Waals surface area (Å²) in [7, 11) is 0. The Balaban J connectivity index is 1.60. The van der Waals surface area contributed by atoms with Crippen molar-refractivity contribution in [2.75, 3.05) is 26.2 Å². The van der Waals surface area contributed by atoms with E-state index in [0.29, 0.717) is 37.6 Å². The molecule has 0 unspecified atom stereocenters. The lowest BCUT2D eigenvalue weighted by molar-refractivity contribution is 0.0515. The zero-order chi connectivity index (χ0) is 13.9. The summed E-state index contributed by atoms with van der Waals surface area (Å²) in [6.45, 7) is 2.05. The number of piperazine rings is 1. The minimum Gasteiger partial charge on any atom is -0.459 e. The Morgan fingerprint density at radius 1 is 1.15 bits per heavy atom. The Labute approximate surface area is 119 Å². The summed E-state index contributed by atoms with van der Waals surface area (Å²) in [4.78, 5) is 31.6. The van der Waals surface area contributed by atoms with Crippen LogP contribution in [0.2, 0.25) is 0 Å². The Morgan fingerprint density at radius 2 is 1.85 bits per heavy atom. The number of furan rings is 1. The second-order valence-electron chi connectivity index (χ2n) is 4.44. The first kappa shape index (κ1) is 12.9. The fourth-order valence-corrected chi connectivity index (χ4v) is 2.67. The molecule has 3 rings (SSSR count). The van der Waals surface area contributed by atoms with E-state index in [2.05, 4.69) is 4.98 Å². The molecular weight excluding hydrogens is 278 g/mol. The second-order valence-corrected chi connectivity index (χ2v) is 5.15. The Hall–Kier alpha value is -2.15. The molecule has 2 amide bonds. The molecule has 7 heteroatoms. The highest BCUT2D eigenvalue weighted by Gasteiger charge is 2.27. The van der Waals surface area contributed by atoms with Crippen LogP contribution in [0.5, 0.6) is 0 Å². The van der Waals surface area contributed by atoms with E-state index in [1.165, 1.54) is 17.6 Å². The van der Waals surface area contributed by atoms with Crippen LogP contribution in [0, 0.1) is 0 Å². The zero-order valence-corrected chi connectivity index (χ0v) is 11.5. The van der Waals surface area contributed by atoms with Gasteiger partial charge in [0.25, 0.3) is 11.8 Å². The summed E-state index contributed by atoms with van der Waals surface area (Å²) in [6, 6.07) is 3.34. The van der Waals surface area contributed by atoms with Gasteiger partial charge in [-0.15, -0.1) is 11.3 Å². The van der Waals surface area contributed by atoms with E-state index >= 15 is 0 Å². The molecule has 0 bridgehead atoms. The van der Waals surface area contributed by atoms with E-state index < -0.39 is 0 Å². The fourth-order valence-electron chi connectivity index (χ4n) is 2.15. The lowest BCUT2D eigenvalue weighted by Gasteiger charge is -2.33. The third-order valence-corrected chi connectivity index (χ3v) is 3.82. The van der Waals surface area contributed by atoms with Crippen LogP contribution in [-0.2, 0) is 0 Å². The van der Waals surface area contributed by atoms with Crippen LogP contribution in [-0.4, -0.2) is 52.8 Å². The maximum atomic E-state index is 12.1. The van der Waals surface area contributed by atoms with Crippen molar-refractivity contribution in [1.82, 2.24) is 14.8 Å². The van der Waals surface area contributed by atoms with Gasteiger partial charge in [-0.05, 0) is 12.1 Å². The van der Waals surface area contributed by atoms with Gasteiger partial charge in [0.05, 0.1) is 11.8 Å². The van der Waals surface area contributed by atoms with E-state index in [1.807, 2.05) is 0 Å². The lowest BCUT2D eigenvalue weighted by atomic mass is 10.2. The van der Waals surface area contributed by atoms with Crippen molar-refractivity contribution in [3.8, 4) is 0 Å². The van der Waals surface area contributed by atoms with Crippen molar-refractivity contribution in [2.24, 2.45) is 0 Å². The number of hydrogen-bond acceptors (Lipinski definition) is 5. The molecule has 0 atom stereocenters. The number of amides is 2. The maximum absolute atomic E-state index is 12.1. The van der Waals surface area contributed by atoms with Gasteiger partial charge in [0, 0.05) is 31.6 Å². The number of rotatable bonds is 2. The van der Waals surface area contributed by atoms with E-state index in [1.54, 1.807) is 32.8 Å². The largest absolute Gasteiger partial charge is 0.459 e. The van der Waals surface area contributed by atoms with Crippen LogP contribution in [0.25, 0.3) is 0 Å². The lowest BCUT2D eigenvalue weighted by Crippen LogP contribution is -2.50. The van der Waals surface area contributed by atoms with Gasteiger partial charge >= 0.3 is 0 Å². The van der Waals surface area contributed by atoms with Crippen LogP contribution in [0.1, 0.15) is 21.0 Å². The third-order valence-electron chi connectivity index (χ3n) is 3.24. The molecule has 1 aliphatic rings. The Morgan fingerprint density at radius 3 is 2.40 bits per heavy atom. The molecule has 0 radical (unpaired) electrons. The van der Waals surface area contributed by atoms with Gasteiger partial charge in [-0.3, -0.25) is 9.59 Å². The topological polar surface area (TPSA) is 66.7 Å². The molecule has 0 spiro atoms. The van der Waals surface area contributed by atoms with Crippen LogP contribution in [0.15, 0.2) is 33.7 Å². The minimum absolute atomic E-state index is 0.0728. The molecule has 0 N–H and O–H groups in total. The van der Waals surface area contributed by atoms with Gasteiger partial charge in [0.2, 0.25) is 0 Å². The first-order valence-corrected chi connectivity index (χ1v) is 7.20. The van der Waals surface area contributed by atoms with Gasteiger partial charge in [0.1, 0.15) is 5.69 Å². The maximum Gasteiger partial charge on any atom is 0.289 e. The van der Waals surface area contributed by atoms with Crippen LogP contribution >= 0.6 is 11.3 Å². The van der Waals surface area contributed by atoms with Crippen LogP contribution < -0.4 is 0 Å². The molecular formula is C13H13N3O3S. The summed E-state index contributed by atoms with van der Waals surface area (Å²) in [6.07, 6.45) is 1.48. The Bertz CT molecular complexity index is 532. The average molecular weight is 291 g/mol. The van der Waals surface area contributed by atoms with E-state index in [-0.39, 0.29) is 11.8 Å². The molecule has 3 heterocycles. The standard InChI is InChI=1S/C13H13N3O3S/c17-12(10-8-20-9-14-10)15-3-5-16(6-4-15)13(18)11-2-1-7-19-11/h1-2,7-9H,3-6H2. The van der Waals surface area contributed by atoms with Crippen molar-refractivity contribution in [1.29, 1.82) is 0 Å². The number of aromatic nitrogens is 1. The van der Waals surface area contributed by atoms with Gasteiger partial charge < -0.3 is 14.2 Å². The fraction of sp³-hybridized carbons (Fsp3) is 0.308. The third kappa shape index (κ3) is 2.44. The summed E-state index contributed by atoms with van der Waals surface area (Å²) in [5.41, 5.74) is 2.12. The Kier molecular flexibility index (Phi) is 3.51. The SMILES string of the molecule is O=C(c1cscn1)N1CCN(C(=O)c2ccco2)CC1. The minimum atomic E-state index is -0.129. The molecule has 20 heavy (non-hydrogen) atoms. The predicted molar refractivity (Wildman–Crippen MR) is 72.6 cm³/mol. The monoisotopic (exact) mass is 291 g/mol. The van der Waals surface area contributed by atoms with Crippen LogP contribution in [0.4, 0.5) is 0 Å². The molecule has 1 aliphatic heterocycles. The highest BCUT2D eigenvalue weighted by atomic mass is 32.1. The first-order chi connectivity index (χ1) is 9.75. The number of carbonyl (C=O) groups is 2. The van der Waals surface area contributed by atoms with Crippen molar-refractivity contribution in [3.05, 3.63) is 40.7 Å². The van der Waals surface area contributed by atoms with Gasteiger partial charge in [-0.25, -0.2) is 4.98 Å². The molecule has 1 saturated heterocycles. The van der Waals surface area contributed by atoms with Gasteiger partial charge in [-0.2, -0.15) is 0 Å². The van der Waals surface area contributed by atoms with E-state index in [4.69, 9.17) is 4.42 Å². The van der Waals surface area contributed by atoms with Crippen molar-refractivity contribution < 1.29 is 14.0 Å². The number of carbonyl (C=O) groups excluding carboxylic acids is 2. The van der Waals surface area contributed by atoms with Crippen molar-refractivity contribution >= 4 is 23.2 Å². The normalized spacial score (nSPS) is 15.4. The number of hydrogen-bond donors (Lipinski definition) is 0. The summed E-state index contributed by atoms with van der Waals surface area (Å²) >= 11 is 1.40. The van der Waals surface area contributed by atoms with Gasteiger partial charge in [0.15, 0.2) is 5.76 Å². The second kappa shape index (κ2) is 5.46. The van der Waals surface area contributed by atoms with E-state index in [9.17, 15) is 9.59 Å². The predicted octanol–water partition coefficient (Wildman–Crippen LogP) is 1.33. The zero-order valence-electron chi connectivity index (χ0n) is 10.7. The first-order valence-electron chi connectivity index (χ1n) is 6.26.